The Bertz CT molecular complexity index is 474. The molecule has 4 nitrogen and oxygen atoms in total. The van der Waals surface area contributed by atoms with Gasteiger partial charge >= 0.3 is 0 Å². The first-order chi connectivity index (χ1) is 9.08. The van der Waals surface area contributed by atoms with Gasteiger partial charge in [0.25, 0.3) is 5.91 Å². The molecule has 1 aliphatic heterocycles. The number of anilines is 1. The van der Waals surface area contributed by atoms with Gasteiger partial charge in [-0.05, 0) is 30.9 Å². The summed E-state index contributed by atoms with van der Waals surface area (Å²) < 4.78 is 5.36. The van der Waals surface area contributed by atoms with E-state index in [-0.39, 0.29) is 16.0 Å². The zero-order chi connectivity index (χ0) is 13.8. The van der Waals surface area contributed by atoms with Crippen LogP contribution in [0.4, 0.5) is 5.69 Å². The largest absolute Gasteiger partial charge is 0.399 e. The predicted octanol–water partition coefficient (Wildman–Crippen LogP) is 2.73. The summed E-state index contributed by atoms with van der Waals surface area (Å²) in [7, 11) is 0. The quantitative estimate of drug-likeness (QED) is 0.844. The van der Waals surface area contributed by atoms with E-state index in [4.69, 9.17) is 33.7 Å². The number of nitrogens with one attached hydrogen (secondary N) is 1. The van der Waals surface area contributed by atoms with Crippen molar-refractivity contribution in [2.75, 3.05) is 25.5 Å². The number of nitrogen functional groups attached to an aromatic ring is 1. The van der Waals surface area contributed by atoms with Crippen LogP contribution >= 0.6 is 23.2 Å². The van der Waals surface area contributed by atoms with Crippen molar-refractivity contribution < 1.29 is 9.53 Å². The minimum Gasteiger partial charge on any atom is -0.399 e. The van der Waals surface area contributed by atoms with E-state index in [1.165, 1.54) is 12.1 Å². The molecule has 2 rings (SSSR count). The number of amides is 1. The Morgan fingerprint density at radius 3 is 2.95 bits per heavy atom. The van der Waals surface area contributed by atoms with E-state index >= 15 is 0 Å². The standard InChI is InChI=1S/C13H16Cl2N2O2/c14-11-5-9(16)4-10(12(11)15)13(18)17-6-8-2-1-3-19-7-8/h4-5,8H,1-3,6-7,16H2,(H,17,18). The molecule has 0 radical (unpaired) electrons. The molecule has 1 atom stereocenters. The van der Waals surface area contributed by atoms with E-state index in [0.717, 1.165) is 19.4 Å². The molecule has 1 aromatic rings. The van der Waals surface area contributed by atoms with Crippen LogP contribution in [0.25, 0.3) is 0 Å². The van der Waals surface area contributed by atoms with Crippen LogP contribution in [-0.2, 0) is 4.74 Å². The lowest BCUT2D eigenvalue weighted by molar-refractivity contribution is 0.0536. The number of hydrogen-bond donors (Lipinski definition) is 2. The zero-order valence-corrected chi connectivity index (χ0v) is 11.9. The molecule has 1 saturated heterocycles. The first-order valence-corrected chi connectivity index (χ1v) is 6.94. The third-order valence-corrected chi connectivity index (χ3v) is 3.90. The highest BCUT2D eigenvalue weighted by atomic mass is 35.5. The fraction of sp³-hybridized carbons (Fsp3) is 0.462. The molecule has 19 heavy (non-hydrogen) atoms. The number of rotatable bonds is 3. The lowest BCUT2D eigenvalue weighted by Gasteiger charge is -2.22. The van der Waals surface area contributed by atoms with Crippen LogP contribution in [-0.4, -0.2) is 25.7 Å². The molecule has 0 aliphatic carbocycles. The monoisotopic (exact) mass is 302 g/mol. The fourth-order valence-corrected chi connectivity index (χ4v) is 2.50. The number of ether oxygens (including phenoxy) is 1. The summed E-state index contributed by atoms with van der Waals surface area (Å²) in [4.78, 5) is 12.1. The van der Waals surface area contributed by atoms with Crippen molar-refractivity contribution in [3.8, 4) is 0 Å². The average Bonchev–Trinajstić information content (AvgIpc) is 2.41. The van der Waals surface area contributed by atoms with Crippen LogP contribution < -0.4 is 11.1 Å². The van der Waals surface area contributed by atoms with Crippen LogP contribution in [0.3, 0.4) is 0 Å². The smallest absolute Gasteiger partial charge is 0.252 e. The van der Waals surface area contributed by atoms with E-state index in [1.54, 1.807) is 0 Å². The van der Waals surface area contributed by atoms with Gasteiger partial charge in [0.05, 0.1) is 22.2 Å². The molecule has 0 saturated carbocycles. The fourth-order valence-electron chi connectivity index (χ4n) is 2.08. The summed E-state index contributed by atoms with van der Waals surface area (Å²) in [5, 5.41) is 3.36. The van der Waals surface area contributed by atoms with Crippen molar-refractivity contribution in [1.29, 1.82) is 0 Å². The first kappa shape index (κ1) is 14.4. The van der Waals surface area contributed by atoms with Gasteiger partial charge in [-0.15, -0.1) is 0 Å². The summed E-state index contributed by atoms with van der Waals surface area (Å²) in [6.45, 7) is 2.06. The highest BCUT2D eigenvalue weighted by Gasteiger charge is 2.18. The van der Waals surface area contributed by atoms with Gasteiger partial charge in [-0.1, -0.05) is 23.2 Å². The minimum absolute atomic E-state index is 0.230. The molecule has 0 spiro atoms. The highest BCUT2D eigenvalue weighted by Crippen LogP contribution is 2.28. The van der Waals surface area contributed by atoms with Gasteiger partial charge in [-0.25, -0.2) is 0 Å². The van der Waals surface area contributed by atoms with Crippen LogP contribution in [0.5, 0.6) is 0 Å². The number of carbonyl (C=O) groups excluding carboxylic acids is 1. The Balaban J connectivity index is 1.99. The molecule has 0 aromatic heterocycles. The molecule has 1 fully saturated rings. The number of halogens is 2. The van der Waals surface area contributed by atoms with E-state index in [9.17, 15) is 4.79 Å². The summed E-state index contributed by atoms with van der Waals surface area (Å²) in [5.41, 5.74) is 6.39. The third kappa shape index (κ3) is 3.75. The Morgan fingerprint density at radius 1 is 1.47 bits per heavy atom. The molecule has 3 N–H and O–H groups in total. The lowest BCUT2D eigenvalue weighted by atomic mass is 10.0. The van der Waals surface area contributed by atoms with Crippen molar-refractivity contribution in [3.05, 3.63) is 27.7 Å². The Hall–Kier alpha value is -0.970. The summed E-state index contributed by atoms with van der Waals surface area (Å²) in [5.74, 6) is 0.0952. The molecule has 6 heteroatoms. The van der Waals surface area contributed by atoms with E-state index in [2.05, 4.69) is 5.32 Å². The average molecular weight is 303 g/mol. The molecule has 1 unspecified atom stereocenters. The topological polar surface area (TPSA) is 64.4 Å². The van der Waals surface area contributed by atoms with Gasteiger partial charge in [-0.3, -0.25) is 4.79 Å². The maximum absolute atomic E-state index is 12.1. The first-order valence-electron chi connectivity index (χ1n) is 6.18. The van der Waals surface area contributed by atoms with Crippen molar-refractivity contribution in [2.24, 2.45) is 5.92 Å². The van der Waals surface area contributed by atoms with Crippen molar-refractivity contribution in [2.45, 2.75) is 12.8 Å². The summed E-state index contributed by atoms with van der Waals surface area (Å²) >= 11 is 11.9. The van der Waals surface area contributed by atoms with Gasteiger partial charge in [0.2, 0.25) is 0 Å². The molecule has 1 amide bonds. The Labute approximate surface area is 122 Å². The molecule has 0 bridgehead atoms. The lowest BCUT2D eigenvalue weighted by Crippen LogP contribution is -2.33. The van der Waals surface area contributed by atoms with Crippen molar-refractivity contribution in [1.82, 2.24) is 5.32 Å². The number of hydrogen-bond acceptors (Lipinski definition) is 3. The Kier molecular flexibility index (Phi) is 4.91. The van der Waals surface area contributed by atoms with E-state index < -0.39 is 0 Å². The van der Waals surface area contributed by atoms with Crippen LogP contribution in [0.1, 0.15) is 23.2 Å². The second-order valence-electron chi connectivity index (χ2n) is 4.66. The van der Waals surface area contributed by atoms with Gasteiger partial charge < -0.3 is 15.8 Å². The Morgan fingerprint density at radius 2 is 2.26 bits per heavy atom. The molecule has 1 aromatic carbocycles. The van der Waals surface area contributed by atoms with E-state index in [0.29, 0.717) is 30.3 Å². The molecular formula is C13H16Cl2N2O2. The van der Waals surface area contributed by atoms with Gasteiger partial charge in [0.1, 0.15) is 0 Å². The van der Waals surface area contributed by atoms with E-state index in [1.807, 2.05) is 0 Å². The normalized spacial score (nSPS) is 19.2. The maximum atomic E-state index is 12.1. The number of carbonyl (C=O) groups is 1. The van der Waals surface area contributed by atoms with Gasteiger partial charge in [-0.2, -0.15) is 0 Å². The molecule has 104 valence electrons. The van der Waals surface area contributed by atoms with Crippen LogP contribution in [0.2, 0.25) is 10.0 Å². The second-order valence-corrected chi connectivity index (χ2v) is 5.44. The second kappa shape index (κ2) is 6.46. The number of nitrogens with two attached hydrogens (primary N) is 1. The van der Waals surface area contributed by atoms with Gasteiger partial charge in [0.15, 0.2) is 0 Å². The zero-order valence-electron chi connectivity index (χ0n) is 10.4. The van der Waals surface area contributed by atoms with Crippen molar-refractivity contribution in [3.63, 3.8) is 0 Å². The SMILES string of the molecule is Nc1cc(Cl)c(Cl)c(C(=O)NCC2CCCOC2)c1. The number of benzene rings is 1. The van der Waals surface area contributed by atoms with Crippen LogP contribution in [0, 0.1) is 5.92 Å². The van der Waals surface area contributed by atoms with Crippen LogP contribution in [0.15, 0.2) is 12.1 Å². The third-order valence-electron chi connectivity index (χ3n) is 3.10. The van der Waals surface area contributed by atoms with Crippen molar-refractivity contribution >= 4 is 34.8 Å². The van der Waals surface area contributed by atoms with Gasteiger partial charge in [0, 0.05) is 18.8 Å². The molecule has 1 aliphatic rings. The summed E-state index contributed by atoms with van der Waals surface area (Å²) in [6, 6.07) is 3.05. The summed E-state index contributed by atoms with van der Waals surface area (Å²) in [6.07, 6.45) is 2.09. The highest BCUT2D eigenvalue weighted by molar-refractivity contribution is 6.44. The molecular weight excluding hydrogens is 287 g/mol. The predicted molar refractivity (Wildman–Crippen MR) is 76.8 cm³/mol. The molecule has 1 heterocycles. The minimum atomic E-state index is -0.259. The maximum Gasteiger partial charge on any atom is 0.252 e.